The van der Waals surface area contributed by atoms with Crippen LogP contribution < -0.4 is 10.6 Å². The van der Waals surface area contributed by atoms with Crippen molar-refractivity contribution in [3.05, 3.63) is 60.1 Å². The van der Waals surface area contributed by atoms with Gasteiger partial charge in [0.1, 0.15) is 5.82 Å². The molecule has 0 aliphatic carbocycles. The molecule has 8 nitrogen and oxygen atoms in total. The second-order valence-corrected chi connectivity index (χ2v) is 6.06. The van der Waals surface area contributed by atoms with Gasteiger partial charge in [0.05, 0.1) is 26.0 Å². The third-order valence-electron chi connectivity index (χ3n) is 3.89. The normalized spacial score (nSPS) is 11.1. The summed E-state index contributed by atoms with van der Waals surface area (Å²) in [4.78, 5) is 8.96. The first-order valence-corrected chi connectivity index (χ1v) is 9.44. The van der Waals surface area contributed by atoms with Gasteiger partial charge >= 0.3 is 0 Å². The highest BCUT2D eigenvalue weighted by Crippen LogP contribution is 2.14. The monoisotopic (exact) mass is 510 g/mol. The van der Waals surface area contributed by atoms with E-state index < -0.39 is 0 Å². The quantitative estimate of drug-likeness (QED) is 0.168. The Morgan fingerprint density at radius 1 is 1.17 bits per heavy atom. The number of guanidine groups is 1. The van der Waals surface area contributed by atoms with Crippen LogP contribution >= 0.6 is 24.0 Å². The molecule has 0 radical (unpaired) electrons. The molecule has 0 aliphatic rings. The van der Waals surface area contributed by atoms with Crippen LogP contribution in [0.2, 0.25) is 0 Å². The summed E-state index contributed by atoms with van der Waals surface area (Å²) in [7, 11) is 0. The minimum Gasteiger partial charge on any atom is -0.461 e. The largest absolute Gasteiger partial charge is 0.461 e. The van der Waals surface area contributed by atoms with Crippen molar-refractivity contribution in [3.8, 4) is 11.6 Å². The van der Waals surface area contributed by atoms with Crippen LogP contribution in [0.5, 0.6) is 0 Å². The van der Waals surface area contributed by atoms with Gasteiger partial charge in [-0.2, -0.15) is 5.10 Å². The second-order valence-electron chi connectivity index (χ2n) is 6.06. The Morgan fingerprint density at radius 3 is 2.79 bits per heavy atom. The number of benzene rings is 1. The Kier molecular flexibility index (Phi) is 10.2. The van der Waals surface area contributed by atoms with Crippen molar-refractivity contribution < 1.29 is 9.15 Å². The van der Waals surface area contributed by atoms with E-state index in [-0.39, 0.29) is 24.0 Å². The number of nitrogens with zero attached hydrogens (tertiary/aromatic N) is 3. The van der Waals surface area contributed by atoms with Gasteiger partial charge in [-0.15, -0.1) is 24.0 Å². The zero-order chi connectivity index (χ0) is 19.4. The van der Waals surface area contributed by atoms with Gasteiger partial charge < -0.3 is 19.8 Å². The number of H-pyrrole nitrogens is 1. The fraction of sp³-hybridized carbons (Fsp3) is 0.350. The Bertz CT molecular complexity index is 836. The lowest BCUT2D eigenvalue weighted by Gasteiger charge is -2.10. The van der Waals surface area contributed by atoms with Crippen LogP contribution in [0.4, 0.5) is 0 Å². The van der Waals surface area contributed by atoms with Gasteiger partial charge in [-0.05, 0) is 24.6 Å². The summed E-state index contributed by atoms with van der Waals surface area (Å²) >= 11 is 0. The first kappa shape index (κ1) is 22.9. The maximum Gasteiger partial charge on any atom is 0.216 e. The molecule has 29 heavy (non-hydrogen) atoms. The molecular weight excluding hydrogens is 483 g/mol. The number of aromatic amines is 1. The highest BCUT2D eigenvalue weighted by Gasteiger charge is 2.08. The number of nitrogens with one attached hydrogen (secondary N) is 3. The Morgan fingerprint density at radius 2 is 2.03 bits per heavy atom. The number of aromatic nitrogens is 3. The van der Waals surface area contributed by atoms with Crippen molar-refractivity contribution in [1.29, 1.82) is 0 Å². The van der Waals surface area contributed by atoms with E-state index in [1.54, 1.807) is 6.26 Å². The number of furan rings is 1. The zero-order valence-corrected chi connectivity index (χ0v) is 18.8. The van der Waals surface area contributed by atoms with Crippen LogP contribution in [0.15, 0.2) is 58.1 Å². The van der Waals surface area contributed by atoms with Crippen molar-refractivity contribution in [1.82, 2.24) is 25.8 Å². The minimum atomic E-state index is 0. The van der Waals surface area contributed by atoms with Crippen LogP contribution in [0, 0.1) is 0 Å². The highest BCUT2D eigenvalue weighted by atomic mass is 127. The molecule has 0 bridgehead atoms. The molecule has 0 saturated carbocycles. The fourth-order valence-electron chi connectivity index (χ4n) is 2.55. The van der Waals surface area contributed by atoms with Gasteiger partial charge in [-0.25, -0.2) is 4.98 Å². The van der Waals surface area contributed by atoms with Crippen molar-refractivity contribution >= 4 is 29.9 Å². The van der Waals surface area contributed by atoms with Gasteiger partial charge in [0.15, 0.2) is 11.7 Å². The third-order valence-corrected chi connectivity index (χ3v) is 3.89. The zero-order valence-electron chi connectivity index (χ0n) is 16.4. The van der Waals surface area contributed by atoms with Crippen molar-refractivity contribution in [2.24, 2.45) is 4.99 Å². The first-order chi connectivity index (χ1) is 13.8. The average molecular weight is 510 g/mol. The van der Waals surface area contributed by atoms with Gasteiger partial charge in [-0.3, -0.25) is 10.1 Å². The summed E-state index contributed by atoms with van der Waals surface area (Å²) < 4.78 is 11.0. The van der Waals surface area contributed by atoms with Crippen molar-refractivity contribution in [2.45, 2.75) is 20.0 Å². The first-order valence-electron chi connectivity index (χ1n) is 9.44. The number of halogens is 1. The maximum absolute atomic E-state index is 5.67. The summed E-state index contributed by atoms with van der Waals surface area (Å²) in [5, 5.41) is 13.6. The lowest BCUT2D eigenvalue weighted by atomic mass is 10.2. The van der Waals surface area contributed by atoms with Gasteiger partial charge in [0.2, 0.25) is 5.82 Å². The van der Waals surface area contributed by atoms with Crippen LogP contribution in [0.3, 0.4) is 0 Å². The maximum atomic E-state index is 5.67. The number of rotatable bonds is 10. The van der Waals surface area contributed by atoms with E-state index >= 15 is 0 Å². The SMILES string of the molecule is CCNC(=NCCOCc1ccccc1)NCCc1nc(-c2ccco2)n[nH]1.I. The van der Waals surface area contributed by atoms with E-state index in [0.29, 0.717) is 44.3 Å². The molecule has 0 aliphatic heterocycles. The van der Waals surface area contributed by atoms with E-state index in [1.807, 2.05) is 37.3 Å². The van der Waals surface area contributed by atoms with Gasteiger partial charge in [-0.1, -0.05) is 30.3 Å². The molecule has 3 aromatic rings. The van der Waals surface area contributed by atoms with E-state index in [0.717, 1.165) is 23.9 Å². The molecule has 1 aromatic carbocycles. The lowest BCUT2D eigenvalue weighted by molar-refractivity contribution is 0.128. The van der Waals surface area contributed by atoms with Gasteiger partial charge in [0.25, 0.3) is 0 Å². The van der Waals surface area contributed by atoms with Gasteiger partial charge in [0, 0.05) is 19.5 Å². The average Bonchev–Trinajstić information content (AvgIpc) is 3.40. The summed E-state index contributed by atoms with van der Waals surface area (Å²) in [6.45, 7) is 5.28. The number of aliphatic imine (C=N–C) groups is 1. The molecule has 156 valence electrons. The van der Waals surface area contributed by atoms with Crippen molar-refractivity contribution in [3.63, 3.8) is 0 Å². The van der Waals surface area contributed by atoms with E-state index in [2.05, 4.69) is 42.9 Å². The Hall–Kier alpha value is -2.40. The molecule has 0 saturated heterocycles. The van der Waals surface area contributed by atoms with Crippen molar-refractivity contribution in [2.75, 3.05) is 26.2 Å². The molecule has 9 heteroatoms. The predicted octanol–water partition coefficient (Wildman–Crippen LogP) is 3.00. The number of hydrogen-bond acceptors (Lipinski definition) is 5. The smallest absolute Gasteiger partial charge is 0.216 e. The Labute approximate surface area is 187 Å². The standard InChI is InChI=1S/C20H26N6O2.HI/c1-2-21-20(23-12-14-27-15-16-7-4-3-5-8-16)22-11-10-18-24-19(26-25-18)17-9-6-13-28-17;/h3-9,13H,2,10-12,14-15H2,1H3,(H2,21,22,23)(H,24,25,26);1H. The summed E-state index contributed by atoms with van der Waals surface area (Å²) in [6.07, 6.45) is 2.30. The Balaban J connectivity index is 0.00000300. The molecule has 3 N–H and O–H groups in total. The predicted molar refractivity (Wildman–Crippen MR) is 123 cm³/mol. The molecule has 2 aromatic heterocycles. The third kappa shape index (κ3) is 7.86. The van der Waals surface area contributed by atoms with E-state index in [4.69, 9.17) is 9.15 Å². The summed E-state index contributed by atoms with van der Waals surface area (Å²) in [5.41, 5.74) is 1.16. The molecule has 0 unspecified atom stereocenters. The summed E-state index contributed by atoms with van der Waals surface area (Å²) in [6, 6.07) is 13.8. The highest BCUT2D eigenvalue weighted by molar-refractivity contribution is 14.0. The van der Waals surface area contributed by atoms with Crippen LogP contribution in [-0.2, 0) is 17.8 Å². The molecule has 3 rings (SSSR count). The lowest BCUT2D eigenvalue weighted by Crippen LogP contribution is -2.38. The molecule has 0 spiro atoms. The molecule has 2 heterocycles. The molecule has 0 fully saturated rings. The van der Waals surface area contributed by atoms with E-state index in [9.17, 15) is 0 Å². The molecular formula is C20H27IN6O2. The number of hydrogen-bond donors (Lipinski definition) is 3. The fourth-order valence-corrected chi connectivity index (χ4v) is 2.55. The van der Waals surface area contributed by atoms with Crippen LogP contribution in [0.1, 0.15) is 18.3 Å². The topological polar surface area (TPSA) is 100 Å². The number of ether oxygens (including phenoxy) is 1. The van der Waals surface area contributed by atoms with Crippen LogP contribution in [0.25, 0.3) is 11.6 Å². The molecule has 0 amide bonds. The summed E-state index contributed by atoms with van der Waals surface area (Å²) in [5.74, 6) is 2.77. The molecule has 0 atom stereocenters. The van der Waals surface area contributed by atoms with Crippen LogP contribution in [-0.4, -0.2) is 47.4 Å². The minimum absolute atomic E-state index is 0. The van der Waals surface area contributed by atoms with E-state index in [1.165, 1.54) is 0 Å². The second kappa shape index (κ2) is 12.9.